The van der Waals surface area contributed by atoms with Gasteiger partial charge in [-0.15, -0.1) is 0 Å². The molecule has 1 aromatic carbocycles. The number of nitrogens with zero attached hydrogens (tertiary/aromatic N) is 1. The van der Waals surface area contributed by atoms with Crippen LogP contribution >= 0.6 is 0 Å². The number of carbonyl (C=O) groups is 1. The summed E-state index contributed by atoms with van der Waals surface area (Å²) in [5.41, 5.74) is 0.475. The van der Waals surface area contributed by atoms with Crippen LogP contribution in [0.4, 0.5) is 0 Å². The highest BCUT2D eigenvalue weighted by Gasteiger charge is 2.40. The van der Waals surface area contributed by atoms with Crippen molar-refractivity contribution < 1.29 is 17.8 Å². The van der Waals surface area contributed by atoms with E-state index in [9.17, 15) is 4.79 Å². The van der Waals surface area contributed by atoms with Crippen molar-refractivity contribution in [2.45, 2.75) is 43.9 Å². The SMILES string of the molecule is [2H]c1cc([2H])c2[nH]cc(C(=O)OC3C[C@H]4CC[C@@H](C3)N4C([2H])([2H])[2H])c2c1[2H]. The van der Waals surface area contributed by atoms with Crippen molar-refractivity contribution >= 4 is 16.9 Å². The molecule has 2 bridgehead atoms. The van der Waals surface area contributed by atoms with E-state index in [1.807, 2.05) is 0 Å². The van der Waals surface area contributed by atoms with Gasteiger partial charge in [-0.2, -0.15) is 0 Å². The molecule has 0 aliphatic carbocycles. The Kier molecular flexibility index (Phi) is 1.86. The lowest BCUT2D eigenvalue weighted by molar-refractivity contribution is -0.000258. The predicted molar refractivity (Wildman–Crippen MR) is 81.3 cm³/mol. The lowest BCUT2D eigenvalue weighted by Gasteiger charge is -2.35. The summed E-state index contributed by atoms with van der Waals surface area (Å²) < 4.78 is 52.5. The van der Waals surface area contributed by atoms with Gasteiger partial charge in [0.15, 0.2) is 0 Å². The molecule has 0 amide bonds. The molecule has 1 N–H and O–H groups in total. The first-order valence-corrected chi connectivity index (χ1v) is 7.24. The smallest absolute Gasteiger partial charge is 0.340 e. The van der Waals surface area contributed by atoms with E-state index in [0.29, 0.717) is 18.4 Å². The number of esters is 1. The molecule has 1 unspecified atom stereocenters. The van der Waals surface area contributed by atoms with E-state index < -0.39 is 12.9 Å². The van der Waals surface area contributed by atoms with E-state index in [-0.39, 0.29) is 47.3 Å². The van der Waals surface area contributed by atoms with Crippen molar-refractivity contribution in [1.82, 2.24) is 9.88 Å². The number of fused-ring (bicyclic) bond motifs is 3. The minimum atomic E-state index is -2.13. The van der Waals surface area contributed by atoms with Crippen LogP contribution < -0.4 is 0 Å². The molecular formula is C17H20N2O2. The van der Waals surface area contributed by atoms with Crippen LogP contribution in [0.3, 0.4) is 0 Å². The summed E-state index contributed by atoms with van der Waals surface area (Å²) in [4.78, 5) is 17.1. The lowest BCUT2D eigenvalue weighted by atomic mass is 10.0. The maximum absolute atomic E-state index is 12.7. The molecule has 110 valence electrons. The highest BCUT2D eigenvalue weighted by molar-refractivity contribution is 6.04. The number of ether oxygens (including phenoxy) is 1. The van der Waals surface area contributed by atoms with Gasteiger partial charge in [0.25, 0.3) is 0 Å². The lowest BCUT2D eigenvalue weighted by Crippen LogP contribution is -2.43. The molecule has 4 nitrogen and oxygen atoms in total. The number of rotatable bonds is 2. The minimum Gasteiger partial charge on any atom is -0.459 e. The molecule has 3 atom stereocenters. The third-order valence-corrected chi connectivity index (χ3v) is 4.55. The van der Waals surface area contributed by atoms with Crippen molar-refractivity contribution in [3.05, 3.63) is 36.0 Å². The number of piperidine rings is 1. The molecular weight excluding hydrogens is 264 g/mol. The van der Waals surface area contributed by atoms with Gasteiger partial charge < -0.3 is 14.6 Å². The number of aromatic nitrogens is 1. The van der Waals surface area contributed by atoms with Crippen LogP contribution in [0.15, 0.2) is 30.4 Å². The summed E-state index contributed by atoms with van der Waals surface area (Å²) in [5.74, 6) is -0.605. The van der Waals surface area contributed by atoms with E-state index in [2.05, 4.69) is 4.98 Å². The van der Waals surface area contributed by atoms with E-state index in [0.717, 1.165) is 12.8 Å². The normalized spacial score (nSPS) is 33.6. The molecule has 4 rings (SSSR count). The Morgan fingerprint density at radius 2 is 2.24 bits per heavy atom. The van der Waals surface area contributed by atoms with Gasteiger partial charge in [0, 0.05) is 46.1 Å². The standard InChI is InChI=1S/C17H20N2O2/c1-19-11-6-7-12(19)9-13(8-11)21-17(20)15-10-18-16-5-3-2-4-14(15)16/h2-5,10-13,18H,6-9H2,1H3/t11-,12+,13?/i1D3,2D,4D,5D. The molecule has 1 aromatic heterocycles. The quantitative estimate of drug-likeness (QED) is 0.865. The number of H-pyrrole nitrogens is 1. The zero-order valence-electron chi connectivity index (χ0n) is 17.5. The van der Waals surface area contributed by atoms with E-state index >= 15 is 0 Å². The van der Waals surface area contributed by atoms with Crippen LogP contribution in [0.1, 0.15) is 44.3 Å². The summed E-state index contributed by atoms with van der Waals surface area (Å²) in [6.07, 6.45) is 3.56. The predicted octanol–water partition coefficient (Wildman–Crippen LogP) is 2.95. The van der Waals surface area contributed by atoms with Gasteiger partial charge in [-0.3, -0.25) is 0 Å². The second-order valence-corrected chi connectivity index (χ2v) is 5.80. The Morgan fingerprint density at radius 3 is 3.00 bits per heavy atom. The van der Waals surface area contributed by atoms with Crippen molar-refractivity contribution in [3.63, 3.8) is 0 Å². The van der Waals surface area contributed by atoms with Crippen LogP contribution in [0.5, 0.6) is 0 Å². The molecule has 0 radical (unpaired) electrons. The summed E-state index contributed by atoms with van der Waals surface area (Å²) in [7, 11) is 0. The number of hydrogen-bond acceptors (Lipinski definition) is 3. The van der Waals surface area contributed by atoms with Crippen LogP contribution in [-0.4, -0.2) is 41.0 Å². The van der Waals surface area contributed by atoms with Crippen molar-refractivity contribution in [3.8, 4) is 0 Å². The first kappa shape index (κ1) is 7.99. The molecule has 4 heteroatoms. The first-order chi connectivity index (χ1) is 12.7. The highest BCUT2D eigenvalue weighted by atomic mass is 16.5. The summed E-state index contributed by atoms with van der Waals surface area (Å²) in [6, 6.07) is 0.830. The van der Waals surface area contributed by atoms with Gasteiger partial charge in [-0.25, -0.2) is 4.79 Å². The Morgan fingerprint density at radius 1 is 1.43 bits per heavy atom. The second-order valence-electron chi connectivity index (χ2n) is 5.80. The molecule has 3 heterocycles. The third kappa shape index (κ3) is 2.14. The Balaban J connectivity index is 1.56. The monoisotopic (exact) mass is 290 g/mol. The first-order valence-electron chi connectivity index (χ1n) is 10.2. The zero-order valence-corrected chi connectivity index (χ0v) is 11.5. The molecule has 2 fully saturated rings. The fraction of sp³-hybridized carbons (Fsp3) is 0.471. The van der Waals surface area contributed by atoms with Crippen molar-refractivity contribution in [2.24, 2.45) is 0 Å². The fourth-order valence-corrected chi connectivity index (χ4v) is 3.48. The second kappa shape index (κ2) is 4.88. The molecule has 2 aromatic rings. The van der Waals surface area contributed by atoms with Crippen molar-refractivity contribution in [2.75, 3.05) is 6.98 Å². The molecule has 21 heavy (non-hydrogen) atoms. The Labute approximate surface area is 132 Å². The van der Waals surface area contributed by atoms with Gasteiger partial charge >= 0.3 is 5.97 Å². The van der Waals surface area contributed by atoms with E-state index in [1.54, 1.807) is 4.90 Å². The van der Waals surface area contributed by atoms with Gasteiger partial charge in [0.2, 0.25) is 0 Å². The highest BCUT2D eigenvalue weighted by Crippen LogP contribution is 2.35. The van der Waals surface area contributed by atoms with Crippen LogP contribution in [0.2, 0.25) is 0 Å². The number of hydrogen-bond donors (Lipinski definition) is 1. The van der Waals surface area contributed by atoms with E-state index in [4.69, 9.17) is 13.0 Å². The molecule has 2 saturated heterocycles. The maximum atomic E-state index is 12.7. The van der Waals surface area contributed by atoms with Crippen LogP contribution in [0, 0.1) is 0 Å². The van der Waals surface area contributed by atoms with Crippen LogP contribution in [-0.2, 0) is 4.74 Å². The van der Waals surface area contributed by atoms with Gasteiger partial charge in [0.1, 0.15) is 6.10 Å². The van der Waals surface area contributed by atoms with Crippen LogP contribution in [0.25, 0.3) is 10.9 Å². The van der Waals surface area contributed by atoms with Gasteiger partial charge in [-0.05, 0) is 25.9 Å². The zero-order chi connectivity index (χ0) is 19.5. The number of benzene rings is 1. The number of nitrogens with one attached hydrogen (secondary N) is 1. The van der Waals surface area contributed by atoms with E-state index in [1.165, 1.54) is 12.3 Å². The topological polar surface area (TPSA) is 45.3 Å². The Bertz CT molecular complexity index is 895. The fourth-order valence-electron chi connectivity index (χ4n) is 3.48. The summed E-state index contributed by atoms with van der Waals surface area (Å²) in [5, 5.41) is 0.223. The molecule has 2 aliphatic rings. The minimum absolute atomic E-state index is 0.0501. The molecule has 0 spiro atoms. The number of aromatic amines is 1. The average Bonchev–Trinajstić information content (AvgIpc) is 3.13. The van der Waals surface area contributed by atoms with Crippen molar-refractivity contribution in [1.29, 1.82) is 0 Å². The number of para-hydroxylation sites is 1. The van der Waals surface area contributed by atoms with Gasteiger partial charge in [-0.1, -0.05) is 18.2 Å². The molecule has 0 saturated carbocycles. The van der Waals surface area contributed by atoms with Gasteiger partial charge in [0.05, 0.1) is 9.68 Å². The third-order valence-electron chi connectivity index (χ3n) is 4.55. The summed E-state index contributed by atoms with van der Waals surface area (Å²) in [6.45, 7) is -2.13. The number of carbonyl (C=O) groups excluding carboxylic acids is 1. The maximum Gasteiger partial charge on any atom is 0.340 e. The Hall–Kier alpha value is -1.81. The average molecular weight is 290 g/mol. The molecule has 2 aliphatic heterocycles. The summed E-state index contributed by atoms with van der Waals surface area (Å²) >= 11 is 0. The largest absolute Gasteiger partial charge is 0.459 e.